The molecular formula is C14H12OS. The summed E-state index contributed by atoms with van der Waals surface area (Å²) in [6.07, 6.45) is 1.67. The average Bonchev–Trinajstić information content (AvgIpc) is 2.82. The van der Waals surface area contributed by atoms with Gasteiger partial charge in [-0.15, -0.1) is 11.3 Å². The first kappa shape index (κ1) is 9.79. The molecule has 1 heterocycles. The molecule has 1 aliphatic rings. The third-order valence-corrected chi connectivity index (χ3v) is 4.20. The maximum absolute atomic E-state index is 12.0. The van der Waals surface area contributed by atoms with Crippen molar-refractivity contribution >= 4 is 17.1 Å². The molecule has 1 aliphatic carbocycles. The monoisotopic (exact) mass is 228 g/mol. The summed E-state index contributed by atoms with van der Waals surface area (Å²) in [7, 11) is 0. The molecule has 80 valence electrons. The Morgan fingerprint density at radius 2 is 1.94 bits per heavy atom. The predicted molar refractivity (Wildman–Crippen MR) is 66.2 cm³/mol. The van der Waals surface area contributed by atoms with Crippen LogP contribution in [0.5, 0.6) is 0 Å². The van der Waals surface area contributed by atoms with Crippen LogP contribution in [0.2, 0.25) is 0 Å². The Morgan fingerprint density at radius 3 is 2.75 bits per heavy atom. The maximum atomic E-state index is 12.0. The molecule has 1 aromatic carbocycles. The van der Waals surface area contributed by atoms with Crippen LogP contribution in [-0.4, -0.2) is 5.78 Å². The number of carbonyl (C=O) groups is 1. The molecule has 1 nitrogen and oxygen atoms in total. The quantitative estimate of drug-likeness (QED) is 0.728. The van der Waals surface area contributed by atoms with Crippen LogP contribution in [0.15, 0.2) is 41.8 Å². The van der Waals surface area contributed by atoms with Gasteiger partial charge < -0.3 is 0 Å². The van der Waals surface area contributed by atoms with Crippen LogP contribution in [0.3, 0.4) is 0 Å². The van der Waals surface area contributed by atoms with Crippen LogP contribution in [0.1, 0.15) is 33.1 Å². The lowest BCUT2D eigenvalue weighted by Gasteiger charge is -2.22. The molecule has 2 heteroatoms. The number of benzene rings is 1. The molecule has 0 fully saturated rings. The van der Waals surface area contributed by atoms with E-state index in [1.807, 2.05) is 18.2 Å². The molecule has 3 rings (SSSR count). The van der Waals surface area contributed by atoms with Gasteiger partial charge in [0.05, 0.1) is 0 Å². The summed E-state index contributed by atoms with van der Waals surface area (Å²) in [5, 5.41) is 2.08. The first-order valence-electron chi connectivity index (χ1n) is 5.49. The minimum Gasteiger partial charge on any atom is -0.294 e. The van der Waals surface area contributed by atoms with Crippen LogP contribution in [0.25, 0.3) is 0 Å². The molecule has 0 radical (unpaired) electrons. The first-order chi connectivity index (χ1) is 7.84. The molecule has 0 saturated carbocycles. The van der Waals surface area contributed by atoms with E-state index >= 15 is 0 Å². The van der Waals surface area contributed by atoms with Crippen LogP contribution in [-0.2, 0) is 6.42 Å². The lowest BCUT2D eigenvalue weighted by atomic mass is 9.82. The zero-order valence-corrected chi connectivity index (χ0v) is 9.67. The summed E-state index contributed by atoms with van der Waals surface area (Å²) >= 11 is 1.75. The number of carbonyl (C=O) groups excluding carboxylic acids is 1. The number of hydrogen-bond acceptors (Lipinski definition) is 2. The molecule has 16 heavy (non-hydrogen) atoms. The standard InChI is InChI=1S/C14H12OS/c15-13-9-11(14-6-3-7-16-14)8-10-4-1-2-5-12(10)13/h1-7,11H,8-9H2. The smallest absolute Gasteiger partial charge is 0.163 e. The van der Waals surface area contributed by atoms with Crippen LogP contribution < -0.4 is 0 Å². The lowest BCUT2D eigenvalue weighted by molar-refractivity contribution is 0.0965. The van der Waals surface area contributed by atoms with Gasteiger partial charge in [-0.2, -0.15) is 0 Å². The normalized spacial score (nSPS) is 19.5. The van der Waals surface area contributed by atoms with Gasteiger partial charge in [0.15, 0.2) is 5.78 Å². The topological polar surface area (TPSA) is 17.1 Å². The van der Waals surface area contributed by atoms with Crippen molar-refractivity contribution in [2.24, 2.45) is 0 Å². The number of Topliss-reactive ketones (excluding diaryl/α,β-unsaturated/α-hetero) is 1. The summed E-state index contributed by atoms with van der Waals surface area (Å²) in [4.78, 5) is 13.3. The zero-order chi connectivity index (χ0) is 11.0. The van der Waals surface area contributed by atoms with Gasteiger partial charge in [0.1, 0.15) is 0 Å². The summed E-state index contributed by atoms with van der Waals surface area (Å²) < 4.78 is 0. The van der Waals surface area contributed by atoms with E-state index in [2.05, 4.69) is 23.6 Å². The molecule has 0 bridgehead atoms. The third kappa shape index (κ3) is 1.59. The van der Waals surface area contributed by atoms with Crippen molar-refractivity contribution in [2.45, 2.75) is 18.8 Å². The molecule has 0 spiro atoms. The predicted octanol–water partition coefficient (Wildman–Crippen LogP) is 3.66. The Labute approximate surface area is 98.7 Å². The van der Waals surface area contributed by atoms with E-state index in [4.69, 9.17) is 0 Å². The number of rotatable bonds is 1. The van der Waals surface area contributed by atoms with Gasteiger partial charge in [0.2, 0.25) is 0 Å². The van der Waals surface area contributed by atoms with Crippen molar-refractivity contribution in [3.8, 4) is 0 Å². The van der Waals surface area contributed by atoms with E-state index in [1.54, 1.807) is 11.3 Å². The second kappa shape index (κ2) is 3.87. The number of fused-ring (bicyclic) bond motifs is 1. The van der Waals surface area contributed by atoms with Crippen LogP contribution in [0, 0.1) is 0 Å². The molecule has 1 unspecified atom stereocenters. The molecule has 0 aliphatic heterocycles. The maximum Gasteiger partial charge on any atom is 0.163 e. The zero-order valence-electron chi connectivity index (χ0n) is 8.85. The number of thiophene rings is 1. The van der Waals surface area contributed by atoms with E-state index < -0.39 is 0 Å². The Kier molecular flexibility index (Phi) is 2.37. The van der Waals surface area contributed by atoms with Gasteiger partial charge in [-0.1, -0.05) is 30.3 Å². The molecular weight excluding hydrogens is 216 g/mol. The fourth-order valence-electron chi connectivity index (χ4n) is 2.37. The summed E-state index contributed by atoms with van der Waals surface area (Å²) in [6, 6.07) is 12.2. The highest BCUT2D eigenvalue weighted by molar-refractivity contribution is 7.10. The van der Waals surface area contributed by atoms with Crippen LogP contribution in [0.4, 0.5) is 0 Å². The highest BCUT2D eigenvalue weighted by Gasteiger charge is 2.26. The van der Waals surface area contributed by atoms with Crippen molar-refractivity contribution in [3.63, 3.8) is 0 Å². The largest absolute Gasteiger partial charge is 0.294 e. The highest BCUT2D eigenvalue weighted by atomic mass is 32.1. The molecule has 1 aromatic heterocycles. The van der Waals surface area contributed by atoms with E-state index in [-0.39, 0.29) is 0 Å². The Morgan fingerprint density at radius 1 is 1.06 bits per heavy atom. The molecule has 0 amide bonds. The Hall–Kier alpha value is -1.41. The van der Waals surface area contributed by atoms with E-state index in [9.17, 15) is 4.79 Å². The SMILES string of the molecule is O=C1CC(c2cccs2)Cc2ccccc21. The van der Waals surface area contributed by atoms with Crippen LogP contribution >= 0.6 is 11.3 Å². The van der Waals surface area contributed by atoms with Crippen molar-refractivity contribution in [1.29, 1.82) is 0 Å². The van der Waals surface area contributed by atoms with E-state index in [0.717, 1.165) is 12.0 Å². The summed E-state index contributed by atoms with van der Waals surface area (Å²) in [5.74, 6) is 0.683. The van der Waals surface area contributed by atoms with Crippen molar-refractivity contribution in [1.82, 2.24) is 0 Å². The minimum absolute atomic E-state index is 0.292. The Bertz CT molecular complexity index is 513. The van der Waals surface area contributed by atoms with E-state index in [0.29, 0.717) is 18.1 Å². The minimum atomic E-state index is 0.292. The van der Waals surface area contributed by atoms with Crippen molar-refractivity contribution in [2.75, 3.05) is 0 Å². The summed E-state index contributed by atoms with van der Waals surface area (Å²) in [6.45, 7) is 0. The fourth-order valence-corrected chi connectivity index (χ4v) is 3.20. The molecule has 0 saturated heterocycles. The average molecular weight is 228 g/mol. The fraction of sp³-hybridized carbons (Fsp3) is 0.214. The van der Waals surface area contributed by atoms with Gasteiger partial charge in [-0.3, -0.25) is 4.79 Å². The molecule has 0 N–H and O–H groups in total. The number of ketones is 1. The lowest BCUT2D eigenvalue weighted by Crippen LogP contribution is -2.17. The Balaban J connectivity index is 1.98. The second-order valence-corrected chi connectivity index (χ2v) is 5.18. The van der Waals surface area contributed by atoms with E-state index in [1.165, 1.54) is 10.4 Å². The molecule has 2 aromatic rings. The second-order valence-electron chi connectivity index (χ2n) is 4.20. The van der Waals surface area contributed by atoms with Gasteiger partial charge in [-0.05, 0) is 23.4 Å². The molecule has 1 atom stereocenters. The highest BCUT2D eigenvalue weighted by Crippen LogP contribution is 2.34. The van der Waals surface area contributed by atoms with Gasteiger partial charge >= 0.3 is 0 Å². The van der Waals surface area contributed by atoms with Crippen molar-refractivity contribution in [3.05, 3.63) is 57.8 Å². The van der Waals surface area contributed by atoms with Gasteiger partial charge in [0.25, 0.3) is 0 Å². The number of hydrogen-bond donors (Lipinski definition) is 0. The van der Waals surface area contributed by atoms with Gasteiger partial charge in [-0.25, -0.2) is 0 Å². The summed E-state index contributed by atoms with van der Waals surface area (Å²) in [5.41, 5.74) is 2.13. The van der Waals surface area contributed by atoms with Crippen molar-refractivity contribution < 1.29 is 4.79 Å². The van der Waals surface area contributed by atoms with Gasteiger partial charge in [0, 0.05) is 22.8 Å². The third-order valence-electron chi connectivity index (χ3n) is 3.16. The first-order valence-corrected chi connectivity index (χ1v) is 6.37.